The summed E-state index contributed by atoms with van der Waals surface area (Å²) in [5.74, 6) is 0. The predicted molar refractivity (Wildman–Crippen MR) is 89.7 cm³/mol. The second-order valence-electron chi connectivity index (χ2n) is 5.35. The molecule has 0 aliphatic carbocycles. The Kier molecular flexibility index (Phi) is 4.15. The third-order valence-electron chi connectivity index (χ3n) is 3.66. The highest BCUT2D eigenvalue weighted by Crippen LogP contribution is 2.21. The number of para-hydroxylation sites is 1. The number of aromatic nitrogens is 1. The molecule has 0 spiro atoms. The van der Waals surface area contributed by atoms with Crippen LogP contribution in [0, 0.1) is 6.92 Å². The molecular weight excluding hydrogens is 256 g/mol. The molecule has 0 unspecified atom stereocenters. The van der Waals surface area contributed by atoms with Gasteiger partial charge in [-0.05, 0) is 37.5 Å². The fourth-order valence-electron chi connectivity index (χ4n) is 2.55. The monoisotopic (exact) mass is 276 g/mol. The maximum atomic E-state index is 4.65. The van der Waals surface area contributed by atoms with Crippen LogP contribution in [0.15, 0.2) is 60.7 Å². The molecule has 0 radical (unpaired) electrons. The Labute approximate surface area is 125 Å². The van der Waals surface area contributed by atoms with Crippen molar-refractivity contribution in [3.05, 3.63) is 71.9 Å². The van der Waals surface area contributed by atoms with Crippen LogP contribution in [0.4, 0.5) is 5.69 Å². The minimum atomic E-state index is 0.962. The largest absolute Gasteiger partial charge is 0.383 e. The highest BCUT2D eigenvalue weighted by molar-refractivity contribution is 5.90. The van der Waals surface area contributed by atoms with Crippen molar-refractivity contribution in [2.45, 2.75) is 19.8 Å². The van der Waals surface area contributed by atoms with Crippen molar-refractivity contribution in [1.82, 2.24) is 4.98 Å². The van der Waals surface area contributed by atoms with Gasteiger partial charge in [0.05, 0.1) is 11.2 Å². The molecule has 2 nitrogen and oxygen atoms in total. The van der Waals surface area contributed by atoms with E-state index in [9.17, 15) is 0 Å². The SMILES string of the molecule is Cc1ccc2cccc(NCCCc3ccccc3)c2n1. The van der Waals surface area contributed by atoms with Crippen molar-refractivity contribution in [2.75, 3.05) is 11.9 Å². The van der Waals surface area contributed by atoms with Gasteiger partial charge >= 0.3 is 0 Å². The Hall–Kier alpha value is -2.35. The molecule has 21 heavy (non-hydrogen) atoms. The van der Waals surface area contributed by atoms with Crippen LogP contribution in [0.5, 0.6) is 0 Å². The highest BCUT2D eigenvalue weighted by atomic mass is 14.9. The van der Waals surface area contributed by atoms with Gasteiger partial charge < -0.3 is 5.32 Å². The van der Waals surface area contributed by atoms with E-state index in [1.165, 1.54) is 10.9 Å². The van der Waals surface area contributed by atoms with E-state index in [0.717, 1.165) is 36.3 Å². The van der Waals surface area contributed by atoms with Crippen LogP contribution in [-0.2, 0) is 6.42 Å². The smallest absolute Gasteiger partial charge is 0.0936 e. The van der Waals surface area contributed by atoms with Gasteiger partial charge in [0.15, 0.2) is 0 Å². The van der Waals surface area contributed by atoms with Crippen molar-refractivity contribution in [1.29, 1.82) is 0 Å². The van der Waals surface area contributed by atoms with Crippen molar-refractivity contribution >= 4 is 16.6 Å². The van der Waals surface area contributed by atoms with E-state index in [1.807, 2.05) is 6.92 Å². The maximum absolute atomic E-state index is 4.65. The molecule has 3 aromatic rings. The van der Waals surface area contributed by atoms with Gasteiger partial charge in [0, 0.05) is 17.6 Å². The molecule has 0 atom stereocenters. The zero-order valence-electron chi connectivity index (χ0n) is 12.3. The topological polar surface area (TPSA) is 24.9 Å². The van der Waals surface area contributed by atoms with Crippen molar-refractivity contribution in [3.63, 3.8) is 0 Å². The lowest BCUT2D eigenvalue weighted by Gasteiger charge is -2.09. The van der Waals surface area contributed by atoms with Crippen molar-refractivity contribution in [2.24, 2.45) is 0 Å². The number of rotatable bonds is 5. The first-order chi connectivity index (χ1) is 10.3. The van der Waals surface area contributed by atoms with Crippen LogP contribution in [0.25, 0.3) is 10.9 Å². The maximum Gasteiger partial charge on any atom is 0.0936 e. The molecular formula is C19H20N2. The molecule has 0 aliphatic heterocycles. The molecule has 0 saturated carbocycles. The summed E-state index contributed by atoms with van der Waals surface area (Å²) in [5.41, 5.74) is 4.65. The molecule has 1 aromatic heterocycles. The lowest BCUT2D eigenvalue weighted by Crippen LogP contribution is -2.04. The molecule has 2 heteroatoms. The van der Waals surface area contributed by atoms with Crippen LogP contribution < -0.4 is 5.32 Å². The quantitative estimate of drug-likeness (QED) is 0.689. The third-order valence-corrected chi connectivity index (χ3v) is 3.66. The van der Waals surface area contributed by atoms with Gasteiger partial charge in [0.25, 0.3) is 0 Å². The molecule has 2 aromatic carbocycles. The van der Waals surface area contributed by atoms with E-state index in [2.05, 4.69) is 71.0 Å². The minimum Gasteiger partial charge on any atom is -0.383 e. The van der Waals surface area contributed by atoms with Crippen LogP contribution in [0.1, 0.15) is 17.7 Å². The summed E-state index contributed by atoms with van der Waals surface area (Å²) in [6.07, 6.45) is 2.22. The number of aryl methyl sites for hydroxylation is 2. The lowest BCUT2D eigenvalue weighted by molar-refractivity contribution is 0.863. The zero-order valence-corrected chi connectivity index (χ0v) is 12.3. The van der Waals surface area contributed by atoms with E-state index in [4.69, 9.17) is 0 Å². The molecule has 0 amide bonds. The summed E-state index contributed by atoms with van der Waals surface area (Å²) in [6.45, 7) is 3.00. The zero-order chi connectivity index (χ0) is 14.5. The summed E-state index contributed by atoms with van der Waals surface area (Å²) in [7, 11) is 0. The lowest BCUT2D eigenvalue weighted by atomic mass is 10.1. The van der Waals surface area contributed by atoms with Crippen LogP contribution >= 0.6 is 0 Å². The summed E-state index contributed by atoms with van der Waals surface area (Å²) < 4.78 is 0. The fraction of sp³-hybridized carbons (Fsp3) is 0.211. The Morgan fingerprint density at radius 3 is 2.62 bits per heavy atom. The van der Waals surface area contributed by atoms with Crippen molar-refractivity contribution in [3.8, 4) is 0 Å². The second-order valence-corrected chi connectivity index (χ2v) is 5.35. The number of nitrogens with zero attached hydrogens (tertiary/aromatic N) is 1. The number of pyridine rings is 1. The van der Waals surface area contributed by atoms with Gasteiger partial charge in [-0.25, -0.2) is 0 Å². The first kappa shape index (κ1) is 13.6. The molecule has 0 fully saturated rings. The first-order valence-electron chi connectivity index (χ1n) is 7.47. The van der Waals surface area contributed by atoms with E-state index in [1.54, 1.807) is 0 Å². The molecule has 3 rings (SSSR count). The van der Waals surface area contributed by atoms with Gasteiger partial charge in [0.2, 0.25) is 0 Å². The Balaban J connectivity index is 1.64. The second kappa shape index (κ2) is 6.40. The van der Waals surface area contributed by atoms with E-state index < -0.39 is 0 Å². The van der Waals surface area contributed by atoms with Gasteiger partial charge in [0.1, 0.15) is 0 Å². The Morgan fingerprint density at radius 1 is 0.905 bits per heavy atom. The molecule has 1 N–H and O–H groups in total. The van der Waals surface area contributed by atoms with E-state index in [-0.39, 0.29) is 0 Å². The number of fused-ring (bicyclic) bond motifs is 1. The summed E-state index contributed by atoms with van der Waals surface area (Å²) in [4.78, 5) is 4.65. The van der Waals surface area contributed by atoms with Gasteiger partial charge in [-0.1, -0.05) is 48.5 Å². The molecule has 1 heterocycles. The van der Waals surface area contributed by atoms with E-state index in [0.29, 0.717) is 0 Å². The standard InChI is InChI=1S/C19H20N2/c1-15-12-13-17-10-5-11-18(19(17)21-15)20-14-6-9-16-7-3-2-4-8-16/h2-5,7-8,10-13,20H,6,9,14H2,1H3. The van der Waals surface area contributed by atoms with Crippen LogP contribution in [0.3, 0.4) is 0 Å². The number of nitrogens with one attached hydrogen (secondary N) is 1. The third kappa shape index (κ3) is 3.40. The molecule has 0 aliphatic rings. The number of hydrogen-bond donors (Lipinski definition) is 1. The highest BCUT2D eigenvalue weighted by Gasteiger charge is 2.02. The van der Waals surface area contributed by atoms with Gasteiger partial charge in [-0.3, -0.25) is 4.98 Å². The number of anilines is 1. The van der Waals surface area contributed by atoms with Gasteiger partial charge in [-0.2, -0.15) is 0 Å². The predicted octanol–water partition coefficient (Wildman–Crippen LogP) is 4.59. The van der Waals surface area contributed by atoms with Crippen LogP contribution in [-0.4, -0.2) is 11.5 Å². The fourth-order valence-corrected chi connectivity index (χ4v) is 2.55. The first-order valence-corrected chi connectivity index (χ1v) is 7.47. The number of benzene rings is 2. The Bertz CT molecular complexity index is 720. The van der Waals surface area contributed by atoms with Gasteiger partial charge in [-0.15, -0.1) is 0 Å². The Morgan fingerprint density at radius 2 is 1.76 bits per heavy atom. The van der Waals surface area contributed by atoms with Crippen molar-refractivity contribution < 1.29 is 0 Å². The average Bonchev–Trinajstić information content (AvgIpc) is 2.53. The molecule has 0 saturated heterocycles. The normalized spacial score (nSPS) is 10.7. The molecule has 106 valence electrons. The molecule has 0 bridgehead atoms. The average molecular weight is 276 g/mol. The summed E-state index contributed by atoms with van der Waals surface area (Å²) >= 11 is 0. The van der Waals surface area contributed by atoms with Crippen LogP contribution in [0.2, 0.25) is 0 Å². The summed E-state index contributed by atoms with van der Waals surface area (Å²) in [6, 6.07) is 21.1. The minimum absolute atomic E-state index is 0.962. The number of hydrogen-bond acceptors (Lipinski definition) is 2. The summed E-state index contributed by atoms with van der Waals surface area (Å²) in [5, 5.41) is 4.71. The van der Waals surface area contributed by atoms with E-state index >= 15 is 0 Å².